The Labute approximate surface area is 113 Å². The highest BCUT2D eigenvalue weighted by molar-refractivity contribution is 5.93. The maximum Gasteiger partial charge on any atom is 0.238 e. The first-order valence-electron chi connectivity index (χ1n) is 6.51. The lowest BCUT2D eigenvalue weighted by atomic mass is 10.1. The number of carbonyl (C=O) groups is 1. The van der Waals surface area contributed by atoms with Crippen LogP contribution in [0.25, 0.3) is 0 Å². The van der Waals surface area contributed by atoms with E-state index in [4.69, 9.17) is 4.74 Å². The average molecular weight is 263 g/mol. The number of methoxy groups -OCH3 is 1. The lowest BCUT2D eigenvalue weighted by Gasteiger charge is -2.14. The molecule has 0 aliphatic carbocycles. The van der Waals surface area contributed by atoms with Crippen molar-refractivity contribution in [2.24, 2.45) is 0 Å². The number of anilines is 1. The van der Waals surface area contributed by atoms with Gasteiger partial charge in [0.2, 0.25) is 5.91 Å². The summed E-state index contributed by atoms with van der Waals surface area (Å²) in [6, 6.07) is 6.08. The Morgan fingerprint density at radius 3 is 3.00 bits per heavy atom. The van der Waals surface area contributed by atoms with Crippen LogP contribution in [0.5, 0.6) is 0 Å². The van der Waals surface area contributed by atoms with Gasteiger partial charge in [-0.3, -0.25) is 9.69 Å². The summed E-state index contributed by atoms with van der Waals surface area (Å²) in [4.78, 5) is 14.0. The molecule has 5 heteroatoms. The maximum atomic E-state index is 11.7. The fourth-order valence-electron chi connectivity index (χ4n) is 2.34. The number of benzene rings is 1. The van der Waals surface area contributed by atoms with E-state index in [-0.39, 0.29) is 5.91 Å². The van der Waals surface area contributed by atoms with Gasteiger partial charge in [-0.05, 0) is 24.2 Å². The predicted octanol–water partition coefficient (Wildman–Crippen LogP) is 0.806. The quantitative estimate of drug-likeness (QED) is 0.797. The second-order valence-electron chi connectivity index (χ2n) is 4.73. The molecule has 1 aromatic carbocycles. The van der Waals surface area contributed by atoms with E-state index in [1.165, 1.54) is 11.1 Å². The van der Waals surface area contributed by atoms with Crippen LogP contribution in [0.3, 0.4) is 0 Å². The monoisotopic (exact) mass is 263 g/mol. The van der Waals surface area contributed by atoms with Crippen molar-refractivity contribution in [1.29, 1.82) is 0 Å². The maximum absolute atomic E-state index is 11.7. The van der Waals surface area contributed by atoms with Gasteiger partial charge in [0.15, 0.2) is 0 Å². The zero-order valence-electron chi connectivity index (χ0n) is 11.5. The van der Waals surface area contributed by atoms with Crippen LogP contribution in [0.2, 0.25) is 0 Å². The van der Waals surface area contributed by atoms with Gasteiger partial charge in [0, 0.05) is 32.4 Å². The van der Waals surface area contributed by atoms with Crippen molar-refractivity contribution < 1.29 is 9.53 Å². The molecule has 0 atom stereocenters. The molecule has 0 fully saturated rings. The minimum Gasteiger partial charge on any atom is -0.383 e. The molecule has 1 aliphatic rings. The highest BCUT2D eigenvalue weighted by Gasteiger charge is 2.21. The molecular formula is C14H21N3O2. The molecule has 19 heavy (non-hydrogen) atoms. The van der Waals surface area contributed by atoms with Gasteiger partial charge in [-0.25, -0.2) is 0 Å². The van der Waals surface area contributed by atoms with Crippen molar-refractivity contribution in [2.45, 2.75) is 13.1 Å². The van der Waals surface area contributed by atoms with Gasteiger partial charge >= 0.3 is 0 Å². The molecular weight excluding hydrogens is 242 g/mol. The van der Waals surface area contributed by atoms with Gasteiger partial charge < -0.3 is 15.4 Å². The van der Waals surface area contributed by atoms with Crippen LogP contribution in [0.4, 0.5) is 5.69 Å². The smallest absolute Gasteiger partial charge is 0.238 e. The number of amides is 1. The van der Waals surface area contributed by atoms with E-state index in [9.17, 15) is 4.79 Å². The zero-order chi connectivity index (χ0) is 13.7. The molecule has 0 unspecified atom stereocenters. The lowest BCUT2D eigenvalue weighted by Crippen LogP contribution is -2.25. The molecule has 0 saturated heterocycles. The first kappa shape index (κ1) is 14.0. The fraction of sp³-hybridized carbons (Fsp3) is 0.500. The minimum atomic E-state index is -0.00811. The molecule has 0 spiro atoms. The van der Waals surface area contributed by atoms with Crippen molar-refractivity contribution >= 4 is 11.6 Å². The van der Waals surface area contributed by atoms with E-state index in [1.807, 2.05) is 12.1 Å². The van der Waals surface area contributed by atoms with Gasteiger partial charge in [-0.15, -0.1) is 0 Å². The van der Waals surface area contributed by atoms with Crippen LogP contribution in [-0.4, -0.2) is 44.7 Å². The normalized spacial score (nSPS) is 14.4. The molecule has 1 aromatic rings. The Kier molecular flexibility index (Phi) is 4.90. The van der Waals surface area contributed by atoms with Crippen molar-refractivity contribution in [2.75, 3.05) is 39.2 Å². The summed E-state index contributed by atoms with van der Waals surface area (Å²) < 4.78 is 5.11. The largest absolute Gasteiger partial charge is 0.383 e. The molecule has 5 nitrogen and oxygen atoms in total. The number of hydrogen-bond donors (Lipinski definition) is 2. The Balaban J connectivity index is 2.05. The van der Waals surface area contributed by atoms with Gasteiger partial charge in [0.25, 0.3) is 0 Å². The molecule has 0 aromatic heterocycles. The first-order valence-corrected chi connectivity index (χ1v) is 6.51. The number of rotatable bonds is 6. The van der Waals surface area contributed by atoms with Crippen molar-refractivity contribution in [3.63, 3.8) is 0 Å². The van der Waals surface area contributed by atoms with E-state index in [2.05, 4.69) is 21.6 Å². The SMILES string of the molecule is CNCC(=O)Nc1cccc2c1CN(CCOC)C2. The van der Waals surface area contributed by atoms with Crippen LogP contribution in [0.15, 0.2) is 18.2 Å². The number of nitrogens with zero attached hydrogens (tertiary/aromatic N) is 1. The number of fused-ring (bicyclic) bond motifs is 1. The molecule has 2 rings (SSSR count). The van der Waals surface area contributed by atoms with Gasteiger partial charge in [-0.2, -0.15) is 0 Å². The predicted molar refractivity (Wildman–Crippen MR) is 75.0 cm³/mol. The number of nitrogens with one attached hydrogen (secondary N) is 2. The molecule has 0 radical (unpaired) electrons. The number of likely N-dealkylation sites (N-methyl/N-ethyl adjacent to an activating group) is 1. The standard InChI is InChI=1S/C14H21N3O2/c1-15-8-14(18)16-13-5-3-4-11-9-17(6-7-19-2)10-12(11)13/h3-5,15H,6-10H2,1-2H3,(H,16,18). The molecule has 0 saturated carbocycles. The highest BCUT2D eigenvalue weighted by atomic mass is 16.5. The minimum absolute atomic E-state index is 0.00811. The van der Waals surface area contributed by atoms with E-state index < -0.39 is 0 Å². The highest BCUT2D eigenvalue weighted by Crippen LogP contribution is 2.28. The third kappa shape index (κ3) is 3.53. The van der Waals surface area contributed by atoms with Gasteiger partial charge in [0.1, 0.15) is 0 Å². The third-order valence-corrected chi connectivity index (χ3v) is 3.27. The number of hydrogen-bond acceptors (Lipinski definition) is 4. The van der Waals surface area contributed by atoms with Crippen molar-refractivity contribution in [3.8, 4) is 0 Å². The summed E-state index contributed by atoms with van der Waals surface area (Å²) in [7, 11) is 3.48. The van der Waals surface area contributed by atoms with Gasteiger partial charge in [-0.1, -0.05) is 12.1 Å². The summed E-state index contributed by atoms with van der Waals surface area (Å²) in [6.07, 6.45) is 0. The Bertz CT molecular complexity index is 448. The average Bonchev–Trinajstić information content (AvgIpc) is 2.80. The van der Waals surface area contributed by atoms with E-state index in [0.29, 0.717) is 6.54 Å². The number of carbonyl (C=O) groups excluding carboxylic acids is 1. The van der Waals surface area contributed by atoms with Crippen LogP contribution >= 0.6 is 0 Å². The second kappa shape index (κ2) is 6.65. The van der Waals surface area contributed by atoms with E-state index in [1.54, 1.807) is 14.2 Å². The molecule has 1 amide bonds. The lowest BCUT2D eigenvalue weighted by molar-refractivity contribution is -0.115. The second-order valence-corrected chi connectivity index (χ2v) is 4.73. The molecule has 104 valence electrons. The van der Waals surface area contributed by atoms with Gasteiger partial charge in [0.05, 0.1) is 13.2 Å². The van der Waals surface area contributed by atoms with E-state index >= 15 is 0 Å². The van der Waals surface area contributed by atoms with Crippen molar-refractivity contribution in [3.05, 3.63) is 29.3 Å². The fourth-order valence-corrected chi connectivity index (χ4v) is 2.34. The topological polar surface area (TPSA) is 53.6 Å². The summed E-state index contributed by atoms with van der Waals surface area (Å²) in [5.74, 6) is -0.00811. The third-order valence-electron chi connectivity index (χ3n) is 3.27. The Morgan fingerprint density at radius 1 is 1.42 bits per heavy atom. The van der Waals surface area contributed by atoms with Crippen LogP contribution < -0.4 is 10.6 Å². The first-order chi connectivity index (χ1) is 9.24. The summed E-state index contributed by atoms with van der Waals surface area (Å²) >= 11 is 0. The molecule has 1 heterocycles. The van der Waals surface area contributed by atoms with Crippen molar-refractivity contribution in [1.82, 2.24) is 10.2 Å². The Morgan fingerprint density at radius 2 is 2.26 bits per heavy atom. The Hall–Kier alpha value is -1.43. The van der Waals surface area contributed by atoms with Crippen LogP contribution in [0, 0.1) is 0 Å². The molecule has 0 bridgehead atoms. The van der Waals surface area contributed by atoms with Crippen LogP contribution in [-0.2, 0) is 22.6 Å². The molecule has 2 N–H and O–H groups in total. The number of ether oxygens (including phenoxy) is 1. The zero-order valence-corrected chi connectivity index (χ0v) is 11.5. The summed E-state index contributed by atoms with van der Waals surface area (Å²) in [5, 5.41) is 5.81. The van der Waals surface area contributed by atoms with Crippen LogP contribution in [0.1, 0.15) is 11.1 Å². The molecule has 1 aliphatic heterocycles. The van der Waals surface area contributed by atoms with E-state index in [0.717, 1.165) is 31.9 Å². The summed E-state index contributed by atoms with van der Waals surface area (Å²) in [6.45, 7) is 3.77. The summed E-state index contributed by atoms with van der Waals surface area (Å²) in [5.41, 5.74) is 3.44.